The molecule has 0 radical (unpaired) electrons. The standard InChI is InChI=1S/C21H26FN3O/c1-17(18-7-3-2-4-8-18)24-13-15-25(16-14-24)21(26)23-12-11-19-9-5-6-10-20(19)22/h2-10,17H,11-16H2,1H3,(H,23,26). The number of benzene rings is 2. The van der Waals surface area contributed by atoms with Gasteiger partial charge < -0.3 is 10.2 Å². The van der Waals surface area contributed by atoms with E-state index in [0.29, 0.717) is 37.7 Å². The molecule has 0 aliphatic carbocycles. The van der Waals surface area contributed by atoms with Gasteiger partial charge in [0.1, 0.15) is 5.82 Å². The lowest BCUT2D eigenvalue weighted by atomic mass is 10.1. The third-order valence-corrected chi connectivity index (χ3v) is 5.06. The molecule has 1 unspecified atom stereocenters. The van der Waals surface area contributed by atoms with Crippen molar-refractivity contribution in [2.24, 2.45) is 0 Å². The van der Waals surface area contributed by atoms with Crippen molar-refractivity contribution < 1.29 is 9.18 Å². The number of nitrogens with zero attached hydrogens (tertiary/aromatic N) is 2. The SMILES string of the molecule is CC(c1ccccc1)N1CCN(C(=O)NCCc2ccccc2F)CC1. The van der Waals surface area contributed by atoms with Crippen LogP contribution >= 0.6 is 0 Å². The molecule has 2 aromatic carbocycles. The molecule has 0 aromatic heterocycles. The van der Waals surface area contributed by atoms with E-state index in [2.05, 4.69) is 41.4 Å². The van der Waals surface area contributed by atoms with Crippen molar-refractivity contribution in [1.82, 2.24) is 15.1 Å². The van der Waals surface area contributed by atoms with Crippen LogP contribution in [0.1, 0.15) is 24.1 Å². The lowest BCUT2D eigenvalue weighted by molar-refractivity contribution is 0.114. The smallest absolute Gasteiger partial charge is 0.317 e. The van der Waals surface area contributed by atoms with Crippen LogP contribution < -0.4 is 5.32 Å². The molecule has 26 heavy (non-hydrogen) atoms. The molecule has 1 saturated heterocycles. The van der Waals surface area contributed by atoms with Crippen LogP contribution in [0.4, 0.5) is 9.18 Å². The Morgan fingerprint density at radius 3 is 2.38 bits per heavy atom. The Morgan fingerprint density at radius 1 is 1.04 bits per heavy atom. The molecule has 0 bridgehead atoms. The van der Waals surface area contributed by atoms with Crippen LogP contribution in [0.15, 0.2) is 54.6 Å². The highest BCUT2D eigenvalue weighted by Crippen LogP contribution is 2.21. The monoisotopic (exact) mass is 355 g/mol. The summed E-state index contributed by atoms with van der Waals surface area (Å²) in [6.45, 7) is 5.79. The van der Waals surface area contributed by atoms with Crippen molar-refractivity contribution in [2.75, 3.05) is 32.7 Å². The third kappa shape index (κ3) is 4.61. The molecular formula is C21H26FN3O. The average molecular weight is 355 g/mol. The minimum atomic E-state index is -0.217. The molecule has 0 spiro atoms. The Hall–Kier alpha value is -2.40. The topological polar surface area (TPSA) is 35.6 Å². The minimum absolute atomic E-state index is 0.0617. The molecule has 2 aromatic rings. The third-order valence-electron chi connectivity index (χ3n) is 5.06. The summed E-state index contributed by atoms with van der Waals surface area (Å²) in [5.41, 5.74) is 1.93. The van der Waals surface area contributed by atoms with Gasteiger partial charge in [-0.25, -0.2) is 9.18 Å². The van der Waals surface area contributed by atoms with Crippen LogP contribution in [0.3, 0.4) is 0 Å². The van der Waals surface area contributed by atoms with E-state index in [0.717, 1.165) is 13.1 Å². The van der Waals surface area contributed by atoms with Crippen molar-refractivity contribution in [3.63, 3.8) is 0 Å². The fourth-order valence-electron chi connectivity index (χ4n) is 3.37. The van der Waals surface area contributed by atoms with Gasteiger partial charge in [-0.05, 0) is 30.5 Å². The molecular weight excluding hydrogens is 329 g/mol. The molecule has 1 N–H and O–H groups in total. The van der Waals surface area contributed by atoms with Crippen LogP contribution in [0.2, 0.25) is 0 Å². The first-order valence-corrected chi connectivity index (χ1v) is 9.20. The molecule has 1 fully saturated rings. The summed E-state index contributed by atoms with van der Waals surface area (Å²) >= 11 is 0. The van der Waals surface area contributed by atoms with Crippen molar-refractivity contribution in [2.45, 2.75) is 19.4 Å². The largest absolute Gasteiger partial charge is 0.338 e. The Morgan fingerprint density at radius 2 is 1.69 bits per heavy atom. The van der Waals surface area contributed by atoms with Crippen LogP contribution in [0.25, 0.3) is 0 Å². The second-order valence-electron chi connectivity index (χ2n) is 6.68. The van der Waals surface area contributed by atoms with E-state index in [9.17, 15) is 9.18 Å². The van der Waals surface area contributed by atoms with E-state index in [1.54, 1.807) is 12.1 Å². The predicted molar refractivity (Wildman–Crippen MR) is 102 cm³/mol. The van der Waals surface area contributed by atoms with Gasteiger partial charge in [0.05, 0.1) is 0 Å². The van der Waals surface area contributed by atoms with Gasteiger partial charge in [0.2, 0.25) is 0 Å². The summed E-state index contributed by atoms with van der Waals surface area (Å²) in [5.74, 6) is -0.217. The first-order valence-electron chi connectivity index (χ1n) is 9.20. The molecule has 0 saturated carbocycles. The first kappa shape index (κ1) is 18.4. The highest BCUT2D eigenvalue weighted by atomic mass is 19.1. The number of piperazine rings is 1. The zero-order valence-corrected chi connectivity index (χ0v) is 15.2. The predicted octanol–water partition coefficient (Wildman–Crippen LogP) is 3.46. The quantitative estimate of drug-likeness (QED) is 0.892. The van der Waals surface area contributed by atoms with Gasteiger partial charge in [0.15, 0.2) is 0 Å². The zero-order chi connectivity index (χ0) is 18.4. The van der Waals surface area contributed by atoms with E-state index in [-0.39, 0.29) is 11.8 Å². The molecule has 1 heterocycles. The van der Waals surface area contributed by atoms with Gasteiger partial charge in [-0.2, -0.15) is 0 Å². The van der Waals surface area contributed by atoms with Crippen LogP contribution in [0.5, 0.6) is 0 Å². The van der Waals surface area contributed by atoms with Gasteiger partial charge in [-0.3, -0.25) is 4.90 Å². The van der Waals surface area contributed by atoms with E-state index >= 15 is 0 Å². The van der Waals surface area contributed by atoms with Crippen LogP contribution in [-0.2, 0) is 6.42 Å². The normalized spacial score (nSPS) is 16.3. The Bertz CT molecular complexity index is 714. The van der Waals surface area contributed by atoms with Crippen molar-refractivity contribution in [3.8, 4) is 0 Å². The summed E-state index contributed by atoms with van der Waals surface area (Å²) in [6, 6.07) is 17.4. The number of nitrogens with one attached hydrogen (secondary N) is 1. The number of urea groups is 1. The molecule has 1 atom stereocenters. The van der Waals surface area contributed by atoms with Crippen molar-refractivity contribution in [1.29, 1.82) is 0 Å². The van der Waals surface area contributed by atoms with Crippen molar-refractivity contribution in [3.05, 3.63) is 71.5 Å². The summed E-state index contributed by atoms with van der Waals surface area (Å²) in [7, 11) is 0. The minimum Gasteiger partial charge on any atom is -0.338 e. The van der Waals surface area contributed by atoms with Gasteiger partial charge in [0.25, 0.3) is 0 Å². The summed E-state index contributed by atoms with van der Waals surface area (Å²) < 4.78 is 13.6. The summed E-state index contributed by atoms with van der Waals surface area (Å²) in [4.78, 5) is 16.6. The van der Waals surface area contributed by atoms with Gasteiger partial charge in [0, 0.05) is 38.8 Å². The molecule has 4 nitrogen and oxygen atoms in total. The van der Waals surface area contributed by atoms with E-state index in [1.165, 1.54) is 11.6 Å². The average Bonchev–Trinajstić information content (AvgIpc) is 2.69. The zero-order valence-electron chi connectivity index (χ0n) is 15.2. The number of rotatable bonds is 5. The lowest BCUT2D eigenvalue weighted by Gasteiger charge is -2.38. The molecule has 1 aliphatic rings. The second-order valence-corrected chi connectivity index (χ2v) is 6.68. The fraction of sp³-hybridized carbons (Fsp3) is 0.381. The van der Waals surface area contributed by atoms with E-state index in [1.807, 2.05) is 17.0 Å². The maximum absolute atomic E-state index is 13.6. The van der Waals surface area contributed by atoms with E-state index in [4.69, 9.17) is 0 Å². The Kier molecular flexibility index (Phi) is 6.23. The number of amides is 2. The maximum atomic E-state index is 13.6. The van der Waals surface area contributed by atoms with Gasteiger partial charge >= 0.3 is 6.03 Å². The maximum Gasteiger partial charge on any atom is 0.317 e. The van der Waals surface area contributed by atoms with Crippen LogP contribution in [0, 0.1) is 5.82 Å². The number of carbonyl (C=O) groups excluding carboxylic acids is 1. The van der Waals surface area contributed by atoms with Crippen LogP contribution in [-0.4, -0.2) is 48.6 Å². The second kappa shape index (κ2) is 8.81. The van der Waals surface area contributed by atoms with Crippen molar-refractivity contribution >= 4 is 6.03 Å². The first-order chi connectivity index (χ1) is 12.6. The summed E-state index contributed by atoms with van der Waals surface area (Å²) in [6.07, 6.45) is 0.503. The van der Waals surface area contributed by atoms with Gasteiger partial charge in [-0.15, -0.1) is 0 Å². The number of halogens is 1. The molecule has 3 rings (SSSR count). The Labute approximate surface area is 154 Å². The van der Waals surface area contributed by atoms with E-state index < -0.39 is 0 Å². The lowest BCUT2D eigenvalue weighted by Crippen LogP contribution is -2.52. The summed E-state index contributed by atoms with van der Waals surface area (Å²) in [5, 5.41) is 2.91. The highest BCUT2D eigenvalue weighted by molar-refractivity contribution is 5.74. The molecule has 1 aliphatic heterocycles. The molecule has 5 heteroatoms. The number of carbonyl (C=O) groups is 1. The molecule has 2 amide bonds. The molecule has 138 valence electrons. The van der Waals surface area contributed by atoms with Gasteiger partial charge in [-0.1, -0.05) is 48.5 Å². The number of hydrogen-bond donors (Lipinski definition) is 1. The number of hydrogen-bond acceptors (Lipinski definition) is 2. The Balaban J connectivity index is 1.43. The highest BCUT2D eigenvalue weighted by Gasteiger charge is 2.24. The fourth-order valence-corrected chi connectivity index (χ4v) is 3.37.